The van der Waals surface area contributed by atoms with Crippen LogP contribution >= 0.6 is 11.3 Å². The average Bonchev–Trinajstić information content (AvgIpc) is 3.09. The summed E-state index contributed by atoms with van der Waals surface area (Å²) in [5, 5.41) is 5.38. The van der Waals surface area contributed by atoms with E-state index in [-0.39, 0.29) is 5.91 Å². The van der Waals surface area contributed by atoms with E-state index in [0.717, 1.165) is 21.0 Å². The molecule has 0 saturated heterocycles. The van der Waals surface area contributed by atoms with Gasteiger partial charge in [0.15, 0.2) is 5.13 Å². The Morgan fingerprint density at radius 1 is 0.962 bits per heavy atom. The minimum Gasteiger partial charge on any atom is -0.496 e. The van der Waals surface area contributed by atoms with Crippen LogP contribution in [0, 0.1) is 0 Å². The zero-order chi connectivity index (χ0) is 18.1. The molecule has 5 nitrogen and oxygen atoms in total. The van der Waals surface area contributed by atoms with Crippen molar-refractivity contribution in [2.24, 2.45) is 0 Å². The fourth-order valence-electron chi connectivity index (χ4n) is 2.87. The van der Waals surface area contributed by atoms with Crippen molar-refractivity contribution in [3.8, 4) is 11.5 Å². The Hall–Kier alpha value is -3.12. The van der Waals surface area contributed by atoms with Gasteiger partial charge < -0.3 is 9.47 Å². The van der Waals surface area contributed by atoms with Crippen LogP contribution in [0.25, 0.3) is 21.0 Å². The van der Waals surface area contributed by atoms with Crippen LogP contribution in [0.4, 0.5) is 5.13 Å². The highest BCUT2D eigenvalue weighted by molar-refractivity contribution is 7.22. The maximum atomic E-state index is 12.8. The molecule has 4 rings (SSSR count). The molecule has 0 atom stereocenters. The number of rotatable bonds is 4. The number of carbonyl (C=O) groups is 1. The van der Waals surface area contributed by atoms with E-state index in [2.05, 4.69) is 10.3 Å². The van der Waals surface area contributed by atoms with Gasteiger partial charge in [0.2, 0.25) is 0 Å². The fraction of sp³-hybridized carbons (Fsp3) is 0.100. The highest BCUT2D eigenvalue weighted by atomic mass is 32.1. The second kappa shape index (κ2) is 6.65. The van der Waals surface area contributed by atoms with Gasteiger partial charge in [0.1, 0.15) is 17.0 Å². The lowest BCUT2D eigenvalue weighted by molar-refractivity contribution is 0.102. The molecule has 0 aliphatic heterocycles. The van der Waals surface area contributed by atoms with Crippen molar-refractivity contribution in [1.82, 2.24) is 4.98 Å². The molecule has 0 aliphatic rings. The van der Waals surface area contributed by atoms with Gasteiger partial charge in [0.05, 0.1) is 24.5 Å². The Balaban J connectivity index is 1.71. The minimum absolute atomic E-state index is 0.259. The summed E-state index contributed by atoms with van der Waals surface area (Å²) < 4.78 is 11.7. The number of methoxy groups -OCH3 is 2. The Kier molecular flexibility index (Phi) is 4.18. The predicted octanol–water partition coefficient (Wildman–Crippen LogP) is 4.72. The van der Waals surface area contributed by atoms with E-state index >= 15 is 0 Å². The highest BCUT2D eigenvalue weighted by Gasteiger charge is 2.16. The standard InChI is InChI=1S/C20H16N2O3S/c1-24-15-8-5-9-17-18(15)21-20(26-17)22-19(23)14-10-12-6-3-4-7-13(12)11-16(14)25-2/h3-11H,1-2H3,(H,21,22,23). The molecule has 1 N–H and O–H groups in total. The molecule has 0 fully saturated rings. The number of fused-ring (bicyclic) bond motifs is 2. The number of thiazole rings is 1. The molecule has 6 heteroatoms. The molecule has 0 unspecified atom stereocenters. The van der Waals surface area contributed by atoms with Gasteiger partial charge in [0, 0.05) is 0 Å². The monoisotopic (exact) mass is 364 g/mol. The molecule has 0 radical (unpaired) electrons. The third-order valence-electron chi connectivity index (χ3n) is 4.13. The third-order valence-corrected chi connectivity index (χ3v) is 5.07. The van der Waals surface area contributed by atoms with Crippen LogP contribution in [0.3, 0.4) is 0 Å². The summed E-state index contributed by atoms with van der Waals surface area (Å²) in [6.45, 7) is 0. The van der Waals surface area contributed by atoms with Gasteiger partial charge in [-0.3, -0.25) is 10.1 Å². The van der Waals surface area contributed by atoms with Gasteiger partial charge in [-0.15, -0.1) is 0 Å². The fourth-order valence-corrected chi connectivity index (χ4v) is 3.75. The van der Waals surface area contributed by atoms with Gasteiger partial charge in [-0.05, 0) is 35.0 Å². The van der Waals surface area contributed by atoms with Crippen molar-refractivity contribution in [3.05, 3.63) is 60.2 Å². The average molecular weight is 364 g/mol. The van der Waals surface area contributed by atoms with Gasteiger partial charge in [-0.2, -0.15) is 0 Å². The number of hydrogen-bond acceptors (Lipinski definition) is 5. The number of nitrogens with zero attached hydrogens (tertiary/aromatic N) is 1. The number of ether oxygens (including phenoxy) is 2. The van der Waals surface area contributed by atoms with E-state index in [1.54, 1.807) is 14.2 Å². The number of anilines is 1. The van der Waals surface area contributed by atoms with Gasteiger partial charge >= 0.3 is 0 Å². The van der Waals surface area contributed by atoms with Crippen molar-refractivity contribution in [2.45, 2.75) is 0 Å². The number of aromatic nitrogens is 1. The first-order valence-corrected chi connectivity index (χ1v) is 8.83. The number of benzene rings is 3. The molecular weight excluding hydrogens is 348 g/mol. The van der Waals surface area contributed by atoms with Crippen molar-refractivity contribution in [1.29, 1.82) is 0 Å². The minimum atomic E-state index is -0.259. The lowest BCUT2D eigenvalue weighted by atomic mass is 10.1. The number of para-hydroxylation sites is 1. The second-order valence-electron chi connectivity index (χ2n) is 5.68. The third kappa shape index (κ3) is 2.84. The number of nitrogens with one attached hydrogen (secondary N) is 1. The van der Waals surface area contributed by atoms with E-state index in [9.17, 15) is 4.79 Å². The smallest absolute Gasteiger partial charge is 0.261 e. The lowest BCUT2D eigenvalue weighted by Gasteiger charge is -2.10. The summed E-state index contributed by atoms with van der Waals surface area (Å²) >= 11 is 1.40. The van der Waals surface area contributed by atoms with Crippen LogP contribution < -0.4 is 14.8 Å². The first-order chi connectivity index (χ1) is 12.7. The quantitative estimate of drug-likeness (QED) is 0.569. The summed E-state index contributed by atoms with van der Waals surface area (Å²) in [5.74, 6) is 0.952. The Bertz CT molecular complexity index is 1120. The molecule has 0 spiro atoms. The van der Waals surface area contributed by atoms with Crippen molar-refractivity contribution in [2.75, 3.05) is 19.5 Å². The van der Waals surface area contributed by atoms with Gasteiger partial charge in [-0.25, -0.2) is 4.98 Å². The van der Waals surface area contributed by atoms with Crippen LogP contribution in [-0.4, -0.2) is 25.1 Å². The summed E-state index contributed by atoms with van der Waals surface area (Å²) in [4.78, 5) is 17.3. The molecule has 0 aliphatic carbocycles. The van der Waals surface area contributed by atoms with Crippen LogP contribution in [0.5, 0.6) is 11.5 Å². The summed E-state index contributed by atoms with van der Waals surface area (Å²) in [7, 11) is 3.16. The molecule has 26 heavy (non-hydrogen) atoms. The SMILES string of the molecule is COc1cc2ccccc2cc1C(=O)Nc1nc2c(OC)cccc2s1. The maximum Gasteiger partial charge on any atom is 0.261 e. The molecule has 0 bridgehead atoms. The molecule has 4 aromatic rings. The highest BCUT2D eigenvalue weighted by Crippen LogP contribution is 2.33. The normalized spacial score (nSPS) is 10.8. The predicted molar refractivity (Wildman–Crippen MR) is 105 cm³/mol. The molecule has 1 amide bonds. The molecule has 0 saturated carbocycles. The summed E-state index contributed by atoms with van der Waals surface area (Å²) in [5.41, 5.74) is 1.21. The maximum absolute atomic E-state index is 12.8. The topological polar surface area (TPSA) is 60.5 Å². The van der Waals surface area contributed by atoms with Crippen molar-refractivity contribution < 1.29 is 14.3 Å². The Labute approximate surface area is 154 Å². The van der Waals surface area contributed by atoms with E-state index in [1.807, 2.05) is 54.6 Å². The largest absolute Gasteiger partial charge is 0.496 e. The summed E-state index contributed by atoms with van der Waals surface area (Å²) in [6, 6.07) is 17.2. The van der Waals surface area contributed by atoms with Crippen LogP contribution in [-0.2, 0) is 0 Å². The molecule has 1 heterocycles. The van der Waals surface area contributed by atoms with E-state index in [4.69, 9.17) is 9.47 Å². The first kappa shape index (κ1) is 16.4. The zero-order valence-electron chi connectivity index (χ0n) is 14.3. The lowest BCUT2D eigenvalue weighted by Crippen LogP contribution is -2.13. The van der Waals surface area contributed by atoms with Gasteiger partial charge in [-0.1, -0.05) is 41.7 Å². The Morgan fingerprint density at radius 2 is 1.69 bits per heavy atom. The first-order valence-electron chi connectivity index (χ1n) is 8.01. The van der Waals surface area contributed by atoms with E-state index in [0.29, 0.717) is 22.2 Å². The molecular formula is C20H16N2O3S. The van der Waals surface area contributed by atoms with Gasteiger partial charge in [0.25, 0.3) is 5.91 Å². The van der Waals surface area contributed by atoms with Crippen LogP contribution in [0.1, 0.15) is 10.4 Å². The van der Waals surface area contributed by atoms with E-state index in [1.165, 1.54) is 11.3 Å². The van der Waals surface area contributed by atoms with Crippen LogP contribution in [0.15, 0.2) is 54.6 Å². The molecule has 1 aromatic heterocycles. The number of amides is 1. The van der Waals surface area contributed by atoms with Crippen LogP contribution in [0.2, 0.25) is 0 Å². The number of carbonyl (C=O) groups excluding carboxylic acids is 1. The summed E-state index contributed by atoms with van der Waals surface area (Å²) in [6.07, 6.45) is 0. The zero-order valence-corrected chi connectivity index (χ0v) is 15.1. The van der Waals surface area contributed by atoms with Crippen molar-refractivity contribution >= 4 is 43.4 Å². The number of hydrogen-bond donors (Lipinski definition) is 1. The van der Waals surface area contributed by atoms with E-state index < -0.39 is 0 Å². The molecule has 130 valence electrons. The van der Waals surface area contributed by atoms with Crippen molar-refractivity contribution in [3.63, 3.8) is 0 Å². The second-order valence-corrected chi connectivity index (χ2v) is 6.71. The molecule has 3 aromatic carbocycles. The Morgan fingerprint density at radius 3 is 2.42 bits per heavy atom.